The molecule has 1 aromatic heterocycles. The minimum absolute atomic E-state index is 0.126. The molecule has 0 radical (unpaired) electrons. The first-order valence-corrected chi connectivity index (χ1v) is 8.26. The highest BCUT2D eigenvalue weighted by molar-refractivity contribution is 5.81. The molecule has 7 nitrogen and oxygen atoms in total. The molecule has 0 unspecified atom stereocenters. The monoisotopic (exact) mass is 340 g/mol. The average molecular weight is 340 g/mol. The quantitative estimate of drug-likeness (QED) is 0.858. The third-order valence-corrected chi connectivity index (χ3v) is 3.94. The van der Waals surface area contributed by atoms with Gasteiger partial charge in [-0.1, -0.05) is 30.3 Å². The molecule has 2 amide bonds. The maximum atomic E-state index is 12.2. The van der Waals surface area contributed by atoms with Crippen molar-refractivity contribution < 1.29 is 14.3 Å². The van der Waals surface area contributed by atoms with E-state index in [9.17, 15) is 9.59 Å². The number of hydrogen-bond acceptors (Lipinski definition) is 5. The zero-order valence-electron chi connectivity index (χ0n) is 14.1. The third kappa shape index (κ3) is 4.12. The summed E-state index contributed by atoms with van der Waals surface area (Å²) in [4.78, 5) is 34.2. The van der Waals surface area contributed by atoms with Crippen LogP contribution in [0.2, 0.25) is 0 Å². The van der Waals surface area contributed by atoms with E-state index in [4.69, 9.17) is 4.74 Å². The number of nitrogens with zero attached hydrogens (tertiary/aromatic N) is 3. The number of carbonyl (C=O) groups is 2. The van der Waals surface area contributed by atoms with Crippen LogP contribution in [-0.4, -0.2) is 46.6 Å². The van der Waals surface area contributed by atoms with Gasteiger partial charge in [0.25, 0.3) is 0 Å². The maximum absolute atomic E-state index is 12.2. The van der Waals surface area contributed by atoms with Crippen molar-refractivity contribution in [2.75, 3.05) is 19.7 Å². The Morgan fingerprint density at radius 1 is 1.28 bits per heavy atom. The molecule has 2 aromatic rings. The van der Waals surface area contributed by atoms with Crippen molar-refractivity contribution in [2.24, 2.45) is 0 Å². The van der Waals surface area contributed by atoms with E-state index in [-0.39, 0.29) is 12.6 Å². The fourth-order valence-electron chi connectivity index (χ4n) is 2.69. The summed E-state index contributed by atoms with van der Waals surface area (Å²) in [6.07, 6.45) is 2.43. The normalized spacial score (nSPS) is 13.1. The molecule has 0 fully saturated rings. The number of aromatic nitrogens is 2. The van der Waals surface area contributed by atoms with Gasteiger partial charge in [0.05, 0.1) is 18.8 Å². The number of benzene rings is 1. The summed E-state index contributed by atoms with van der Waals surface area (Å²) in [5, 5.41) is 2.58. The van der Waals surface area contributed by atoms with E-state index in [0.717, 1.165) is 16.8 Å². The minimum atomic E-state index is -0.441. The van der Waals surface area contributed by atoms with Gasteiger partial charge in [0.2, 0.25) is 0 Å². The molecule has 0 saturated carbocycles. The molecule has 0 aliphatic carbocycles. The highest BCUT2D eigenvalue weighted by Crippen LogP contribution is 2.20. The third-order valence-electron chi connectivity index (χ3n) is 3.94. The van der Waals surface area contributed by atoms with E-state index in [0.29, 0.717) is 31.9 Å². The summed E-state index contributed by atoms with van der Waals surface area (Å²) in [6.45, 7) is 2.88. The molecule has 0 spiro atoms. The van der Waals surface area contributed by atoms with Crippen LogP contribution < -0.4 is 5.32 Å². The zero-order valence-corrected chi connectivity index (χ0v) is 14.1. The van der Waals surface area contributed by atoms with Crippen molar-refractivity contribution in [2.45, 2.75) is 19.9 Å². The molecule has 0 bridgehead atoms. The molecule has 2 heterocycles. The van der Waals surface area contributed by atoms with Gasteiger partial charge >= 0.3 is 12.0 Å². The second-order valence-corrected chi connectivity index (χ2v) is 5.67. The first-order valence-electron chi connectivity index (χ1n) is 8.26. The Kier molecular flexibility index (Phi) is 5.23. The van der Waals surface area contributed by atoms with Gasteiger partial charge in [0, 0.05) is 30.3 Å². The lowest BCUT2D eigenvalue weighted by Crippen LogP contribution is -2.44. The van der Waals surface area contributed by atoms with Gasteiger partial charge in [0.1, 0.15) is 6.54 Å². The number of esters is 1. The number of urea groups is 1. The highest BCUT2D eigenvalue weighted by atomic mass is 16.5. The Hall–Kier alpha value is -2.96. The van der Waals surface area contributed by atoms with E-state index in [2.05, 4.69) is 15.3 Å². The Morgan fingerprint density at radius 3 is 2.84 bits per heavy atom. The van der Waals surface area contributed by atoms with E-state index < -0.39 is 5.97 Å². The molecular formula is C18H20N4O3. The molecule has 130 valence electrons. The number of carbonyl (C=O) groups excluding carboxylic acids is 2. The van der Waals surface area contributed by atoms with E-state index in [1.807, 2.05) is 30.3 Å². The zero-order chi connectivity index (χ0) is 17.6. The van der Waals surface area contributed by atoms with Crippen molar-refractivity contribution in [1.29, 1.82) is 0 Å². The first kappa shape index (κ1) is 16.9. The fourth-order valence-corrected chi connectivity index (χ4v) is 2.69. The van der Waals surface area contributed by atoms with Crippen LogP contribution in [-0.2, 0) is 22.5 Å². The number of fused-ring (bicyclic) bond motifs is 1. The van der Waals surface area contributed by atoms with Gasteiger partial charge in [-0.25, -0.2) is 14.8 Å². The molecule has 1 aromatic carbocycles. The van der Waals surface area contributed by atoms with E-state index in [1.165, 1.54) is 0 Å². The standard InChI is InChI=1S/C18H20N4O3/c1-2-25-16(23)11-20-18(24)22-9-8-15-14(12-22)10-19-17(21-15)13-6-4-3-5-7-13/h3-7,10H,2,8-9,11-12H2,1H3,(H,20,24). The molecule has 0 saturated heterocycles. The Bertz CT molecular complexity index is 764. The van der Waals surface area contributed by atoms with Crippen LogP contribution in [0, 0.1) is 0 Å². The summed E-state index contributed by atoms with van der Waals surface area (Å²) < 4.78 is 4.80. The minimum Gasteiger partial charge on any atom is -0.465 e. The molecular weight excluding hydrogens is 320 g/mol. The highest BCUT2D eigenvalue weighted by Gasteiger charge is 2.22. The van der Waals surface area contributed by atoms with Crippen LogP contribution in [0.4, 0.5) is 4.79 Å². The van der Waals surface area contributed by atoms with Crippen molar-refractivity contribution in [1.82, 2.24) is 20.2 Å². The predicted octanol–water partition coefficient (Wildman–Crippen LogP) is 1.77. The van der Waals surface area contributed by atoms with Crippen LogP contribution in [0.25, 0.3) is 11.4 Å². The number of ether oxygens (including phenoxy) is 1. The maximum Gasteiger partial charge on any atom is 0.325 e. The molecule has 0 atom stereocenters. The van der Waals surface area contributed by atoms with Gasteiger partial charge in [-0.3, -0.25) is 4.79 Å². The Morgan fingerprint density at radius 2 is 2.08 bits per heavy atom. The fraction of sp³-hybridized carbons (Fsp3) is 0.333. The molecule has 1 aliphatic rings. The Balaban J connectivity index is 1.64. The number of nitrogens with one attached hydrogen (secondary N) is 1. The second kappa shape index (κ2) is 7.74. The van der Waals surface area contributed by atoms with Gasteiger partial charge in [-0.15, -0.1) is 0 Å². The van der Waals surface area contributed by atoms with Crippen LogP contribution in [0.5, 0.6) is 0 Å². The van der Waals surface area contributed by atoms with E-state index in [1.54, 1.807) is 18.0 Å². The molecule has 1 aliphatic heterocycles. The molecule has 3 rings (SSSR count). The topological polar surface area (TPSA) is 84.4 Å². The smallest absolute Gasteiger partial charge is 0.325 e. The Labute approximate surface area is 146 Å². The van der Waals surface area contributed by atoms with Crippen molar-refractivity contribution in [3.63, 3.8) is 0 Å². The molecule has 1 N–H and O–H groups in total. The van der Waals surface area contributed by atoms with Gasteiger partial charge in [0.15, 0.2) is 5.82 Å². The predicted molar refractivity (Wildman–Crippen MR) is 91.6 cm³/mol. The van der Waals surface area contributed by atoms with Gasteiger partial charge in [-0.05, 0) is 6.92 Å². The lowest BCUT2D eigenvalue weighted by Gasteiger charge is -2.28. The first-order chi connectivity index (χ1) is 12.2. The largest absolute Gasteiger partial charge is 0.465 e. The van der Waals surface area contributed by atoms with Gasteiger partial charge < -0.3 is 15.0 Å². The summed E-state index contributed by atoms with van der Waals surface area (Å²) >= 11 is 0. The average Bonchev–Trinajstić information content (AvgIpc) is 2.66. The van der Waals surface area contributed by atoms with Crippen LogP contribution in [0.15, 0.2) is 36.5 Å². The molecule has 7 heteroatoms. The SMILES string of the molecule is CCOC(=O)CNC(=O)N1CCc2nc(-c3ccccc3)ncc2C1. The summed E-state index contributed by atoms with van der Waals surface area (Å²) in [5.41, 5.74) is 2.86. The van der Waals surface area contributed by atoms with Crippen molar-refractivity contribution >= 4 is 12.0 Å². The molecule has 25 heavy (non-hydrogen) atoms. The lowest BCUT2D eigenvalue weighted by molar-refractivity contribution is -0.141. The number of amides is 2. The summed E-state index contributed by atoms with van der Waals surface area (Å²) in [7, 11) is 0. The lowest BCUT2D eigenvalue weighted by atomic mass is 10.1. The second-order valence-electron chi connectivity index (χ2n) is 5.67. The van der Waals surface area contributed by atoms with E-state index >= 15 is 0 Å². The van der Waals surface area contributed by atoms with Crippen molar-refractivity contribution in [3.05, 3.63) is 47.8 Å². The summed E-state index contributed by atoms with van der Waals surface area (Å²) in [6, 6.07) is 9.51. The van der Waals surface area contributed by atoms with Crippen LogP contribution in [0.1, 0.15) is 18.2 Å². The van der Waals surface area contributed by atoms with Crippen molar-refractivity contribution in [3.8, 4) is 11.4 Å². The van der Waals surface area contributed by atoms with Gasteiger partial charge in [-0.2, -0.15) is 0 Å². The summed E-state index contributed by atoms with van der Waals surface area (Å²) in [5.74, 6) is 0.253. The number of rotatable bonds is 4. The van der Waals surface area contributed by atoms with Crippen LogP contribution in [0.3, 0.4) is 0 Å². The number of hydrogen-bond donors (Lipinski definition) is 1. The van der Waals surface area contributed by atoms with Crippen LogP contribution >= 0.6 is 0 Å².